The lowest BCUT2D eigenvalue weighted by Crippen LogP contribution is -2.22. The molecule has 1 aliphatic heterocycles. The van der Waals surface area contributed by atoms with Gasteiger partial charge in [-0.1, -0.05) is 0 Å². The van der Waals surface area contributed by atoms with E-state index in [4.69, 9.17) is 9.47 Å². The molecule has 0 saturated carbocycles. The van der Waals surface area contributed by atoms with Crippen molar-refractivity contribution in [1.29, 1.82) is 0 Å². The van der Waals surface area contributed by atoms with Crippen LogP contribution in [0.25, 0.3) is 0 Å². The zero-order valence-corrected chi connectivity index (χ0v) is 11.4. The highest BCUT2D eigenvalue weighted by atomic mass is 32.2. The molecule has 98 valence electrons. The molecule has 18 heavy (non-hydrogen) atoms. The highest BCUT2D eigenvalue weighted by Gasteiger charge is 2.24. The molecule has 1 atom stereocenters. The fraction of sp³-hybridized carbons (Fsp3) is 0.462. The second kappa shape index (κ2) is 6.00. The smallest absolute Gasteiger partial charge is 0.228 e. The first kappa shape index (κ1) is 13.1. The van der Waals surface area contributed by atoms with Gasteiger partial charge in [0.05, 0.1) is 19.9 Å². The summed E-state index contributed by atoms with van der Waals surface area (Å²) in [6.45, 7) is 0. The molecule has 0 spiro atoms. The summed E-state index contributed by atoms with van der Waals surface area (Å²) in [5.41, 5.74) is 0.666. The van der Waals surface area contributed by atoms with Crippen molar-refractivity contribution in [3.63, 3.8) is 0 Å². The molecule has 1 unspecified atom stereocenters. The number of nitrogens with one attached hydrogen (secondary N) is 1. The van der Waals surface area contributed by atoms with Crippen LogP contribution in [0, 0.1) is 5.92 Å². The molecule has 1 amide bonds. The molecule has 0 aliphatic carbocycles. The fourth-order valence-corrected chi connectivity index (χ4v) is 3.11. The highest BCUT2D eigenvalue weighted by molar-refractivity contribution is 7.99. The molecule has 1 aromatic rings. The Hall–Kier alpha value is -1.36. The number of benzene rings is 1. The summed E-state index contributed by atoms with van der Waals surface area (Å²) in [6, 6.07) is 5.37. The summed E-state index contributed by atoms with van der Waals surface area (Å²) in [7, 11) is 3.18. The molecule has 1 fully saturated rings. The molecule has 4 nitrogen and oxygen atoms in total. The van der Waals surface area contributed by atoms with Gasteiger partial charge in [0, 0.05) is 17.7 Å². The van der Waals surface area contributed by atoms with E-state index in [-0.39, 0.29) is 11.8 Å². The van der Waals surface area contributed by atoms with Gasteiger partial charge in [0.15, 0.2) is 0 Å². The van der Waals surface area contributed by atoms with Crippen LogP contribution < -0.4 is 14.8 Å². The molecular formula is C13H17NO3S. The number of hydrogen-bond acceptors (Lipinski definition) is 4. The standard InChI is InChI=1S/C13H17NO3S/c1-16-10-3-4-12(17-2)11(7-10)14-13(15)9-5-6-18-8-9/h3-4,7,9H,5-6,8H2,1-2H3,(H,14,15). The van der Waals surface area contributed by atoms with Gasteiger partial charge in [-0.2, -0.15) is 11.8 Å². The second-order valence-electron chi connectivity index (χ2n) is 4.12. The van der Waals surface area contributed by atoms with Crippen molar-refractivity contribution in [3.8, 4) is 11.5 Å². The average molecular weight is 267 g/mol. The number of thioether (sulfide) groups is 1. The number of methoxy groups -OCH3 is 2. The van der Waals surface area contributed by atoms with E-state index < -0.39 is 0 Å². The minimum absolute atomic E-state index is 0.0616. The normalized spacial score (nSPS) is 18.4. The second-order valence-corrected chi connectivity index (χ2v) is 5.27. The Labute approximate surface area is 111 Å². The predicted molar refractivity (Wildman–Crippen MR) is 73.6 cm³/mol. The Kier molecular flexibility index (Phi) is 4.36. The Morgan fingerprint density at radius 1 is 1.39 bits per heavy atom. The van der Waals surface area contributed by atoms with Crippen LogP contribution in [0.3, 0.4) is 0 Å². The molecule has 1 N–H and O–H groups in total. The molecule has 0 aromatic heterocycles. The van der Waals surface area contributed by atoms with Gasteiger partial charge in [-0.25, -0.2) is 0 Å². The lowest BCUT2D eigenvalue weighted by atomic mass is 10.1. The number of ether oxygens (including phenoxy) is 2. The maximum atomic E-state index is 12.1. The van der Waals surface area contributed by atoms with E-state index in [2.05, 4.69) is 5.32 Å². The summed E-state index contributed by atoms with van der Waals surface area (Å²) < 4.78 is 10.4. The predicted octanol–water partition coefficient (Wildman–Crippen LogP) is 2.40. The number of hydrogen-bond donors (Lipinski definition) is 1. The minimum Gasteiger partial charge on any atom is -0.497 e. The van der Waals surface area contributed by atoms with Crippen molar-refractivity contribution in [2.24, 2.45) is 5.92 Å². The van der Waals surface area contributed by atoms with Crippen LogP contribution in [-0.2, 0) is 4.79 Å². The molecule has 5 heteroatoms. The van der Waals surface area contributed by atoms with Crippen molar-refractivity contribution in [2.75, 3.05) is 31.0 Å². The summed E-state index contributed by atoms with van der Waals surface area (Å²) in [5, 5.41) is 2.92. The zero-order chi connectivity index (χ0) is 13.0. The Morgan fingerprint density at radius 2 is 2.22 bits per heavy atom. The lowest BCUT2D eigenvalue weighted by molar-refractivity contribution is -0.119. The number of carbonyl (C=O) groups excluding carboxylic acids is 1. The van der Waals surface area contributed by atoms with Crippen molar-refractivity contribution in [2.45, 2.75) is 6.42 Å². The van der Waals surface area contributed by atoms with E-state index in [9.17, 15) is 4.79 Å². The number of anilines is 1. The van der Waals surface area contributed by atoms with Gasteiger partial charge in [0.1, 0.15) is 11.5 Å². The molecule has 0 radical (unpaired) electrons. The molecule has 1 aromatic carbocycles. The van der Waals surface area contributed by atoms with Gasteiger partial charge in [0.25, 0.3) is 0 Å². The first-order chi connectivity index (χ1) is 8.74. The maximum absolute atomic E-state index is 12.1. The summed E-state index contributed by atoms with van der Waals surface area (Å²) >= 11 is 1.82. The quantitative estimate of drug-likeness (QED) is 0.910. The van der Waals surface area contributed by atoms with Gasteiger partial charge < -0.3 is 14.8 Å². The third-order valence-electron chi connectivity index (χ3n) is 2.96. The fourth-order valence-electron chi connectivity index (χ4n) is 1.89. The largest absolute Gasteiger partial charge is 0.497 e. The van der Waals surface area contributed by atoms with Crippen LogP contribution in [0.5, 0.6) is 11.5 Å². The summed E-state index contributed by atoms with van der Waals surface area (Å²) in [4.78, 5) is 12.1. The molecular weight excluding hydrogens is 250 g/mol. The highest BCUT2D eigenvalue weighted by Crippen LogP contribution is 2.31. The van der Waals surface area contributed by atoms with Crippen LogP contribution in [-0.4, -0.2) is 31.6 Å². The van der Waals surface area contributed by atoms with Crippen LogP contribution in [0.15, 0.2) is 18.2 Å². The van der Waals surface area contributed by atoms with E-state index in [0.717, 1.165) is 17.9 Å². The Bertz CT molecular complexity index is 430. The SMILES string of the molecule is COc1ccc(OC)c(NC(=O)C2CCSC2)c1. The van der Waals surface area contributed by atoms with E-state index in [1.54, 1.807) is 32.4 Å². The minimum atomic E-state index is 0.0616. The third kappa shape index (κ3) is 2.90. The maximum Gasteiger partial charge on any atom is 0.228 e. The van der Waals surface area contributed by atoms with Gasteiger partial charge in [-0.15, -0.1) is 0 Å². The van der Waals surface area contributed by atoms with E-state index >= 15 is 0 Å². The monoisotopic (exact) mass is 267 g/mol. The zero-order valence-electron chi connectivity index (χ0n) is 10.6. The van der Waals surface area contributed by atoms with Gasteiger partial charge in [-0.05, 0) is 24.3 Å². The van der Waals surface area contributed by atoms with E-state index in [1.165, 1.54) is 0 Å². The number of rotatable bonds is 4. The van der Waals surface area contributed by atoms with Crippen LogP contribution in [0.4, 0.5) is 5.69 Å². The van der Waals surface area contributed by atoms with E-state index in [1.807, 2.05) is 11.8 Å². The van der Waals surface area contributed by atoms with Gasteiger partial charge in [-0.3, -0.25) is 4.79 Å². The topological polar surface area (TPSA) is 47.6 Å². The van der Waals surface area contributed by atoms with Crippen molar-refractivity contribution >= 4 is 23.4 Å². The van der Waals surface area contributed by atoms with Crippen LogP contribution in [0.1, 0.15) is 6.42 Å². The number of carbonyl (C=O) groups is 1. The Balaban J connectivity index is 2.13. The molecule has 1 heterocycles. The molecule has 2 rings (SSSR count). The molecule has 1 aliphatic rings. The van der Waals surface area contributed by atoms with E-state index in [0.29, 0.717) is 17.2 Å². The first-order valence-electron chi connectivity index (χ1n) is 5.85. The molecule has 0 bridgehead atoms. The molecule has 1 saturated heterocycles. The van der Waals surface area contributed by atoms with Crippen molar-refractivity contribution < 1.29 is 14.3 Å². The van der Waals surface area contributed by atoms with Crippen molar-refractivity contribution in [3.05, 3.63) is 18.2 Å². The van der Waals surface area contributed by atoms with Gasteiger partial charge >= 0.3 is 0 Å². The van der Waals surface area contributed by atoms with Crippen molar-refractivity contribution in [1.82, 2.24) is 0 Å². The lowest BCUT2D eigenvalue weighted by Gasteiger charge is -2.14. The summed E-state index contributed by atoms with van der Waals surface area (Å²) in [6.07, 6.45) is 0.947. The average Bonchev–Trinajstić information content (AvgIpc) is 2.92. The first-order valence-corrected chi connectivity index (χ1v) is 7.00. The third-order valence-corrected chi connectivity index (χ3v) is 4.13. The number of amides is 1. The van der Waals surface area contributed by atoms with Gasteiger partial charge in [0.2, 0.25) is 5.91 Å². The van der Waals surface area contributed by atoms with Crippen LogP contribution in [0.2, 0.25) is 0 Å². The Morgan fingerprint density at radius 3 is 2.83 bits per heavy atom. The summed E-state index contributed by atoms with van der Waals surface area (Å²) in [5.74, 6) is 3.48. The van der Waals surface area contributed by atoms with Crippen LogP contribution >= 0.6 is 11.8 Å².